The maximum atomic E-state index is 13.5. The molecule has 0 unspecified atom stereocenters. The second-order valence-corrected chi connectivity index (χ2v) is 12.0. The van der Waals surface area contributed by atoms with Crippen molar-refractivity contribution in [2.24, 2.45) is 17.8 Å². The van der Waals surface area contributed by atoms with Crippen LogP contribution in [0, 0.1) is 17.8 Å². The predicted octanol–water partition coefficient (Wildman–Crippen LogP) is 3.98. The van der Waals surface area contributed by atoms with E-state index in [1.165, 1.54) is 26.3 Å². The average Bonchev–Trinajstić information content (AvgIpc) is 3.57. The topological polar surface area (TPSA) is 156 Å². The Hall–Kier alpha value is -4.48. The minimum atomic E-state index is -1.45. The van der Waals surface area contributed by atoms with Gasteiger partial charge < -0.3 is 29.0 Å². The van der Waals surface area contributed by atoms with Gasteiger partial charge in [0.05, 0.1) is 13.0 Å². The van der Waals surface area contributed by atoms with Crippen LogP contribution in [0.3, 0.4) is 0 Å². The molecule has 0 spiro atoms. The van der Waals surface area contributed by atoms with Crippen LogP contribution >= 0.6 is 0 Å². The molecule has 0 radical (unpaired) electrons. The lowest BCUT2D eigenvalue weighted by atomic mass is 9.91. The van der Waals surface area contributed by atoms with Crippen LogP contribution in [0.1, 0.15) is 75.3 Å². The van der Waals surface area contributed by atoms with Crippen LogP contribution in [-0.2, 0) is 39.8 Å². The molecule has 1 aromatic carbocycles. The third-order valence-corrected chi connectivity index (χ3v) is 8.22. The molecule has 2 fully saturated rings. The number of amides is 1. The second kappa shape index (κ2) is 16.2. The molecule has 4 atom stereocenters. The van der Waals surface area contributed by atoms with Crippen LogP contribution in [0.25, 0.3) is 0 Å². The summed E-state index contributed by atoms with van der Waals surface area (Å²) in [4.78, 5) is 69.8. The zero-order chi connectivity index (χ0) is 33.2. The molecule has 1 saturated heterocycles. The lowest BCUT2D eigenvalue weighted by Crippen LogP contribution is -2.47. The Balaban J connectivity index is 1.53. The first kappa shape index (κ1) is 34.4. The Labute approximate surface area is 268 Å². The predicted molar refractivity (Wildman–Crippen MR) is 164 cm³/mol. The van der Waals surface area contributed by atoms with Gasteiger partial charge in [0, 0.05) is 18.7 Å². The fraction of sp³-hybridized carbons (Fsp3) is 0.529. The number of esters is 4. The number of rotatable bonds is 11. The SMILES string of the molecule is COc1ccnc(C(=O)N[C@H]2COC(=O)[C@H](Cc3ccccc3)[C@@H](OC(=O)C(C)C)[C@H](C)OC2=O)c1OC(=O)CCC1CCCC1. The van der Waals surface area contributed by atoms with Crippen molar-refractivity contribution in [1.82, 2.24) is 10.3 Å². The first-order valence-corrected chi connectivity index (χ1v) is 15.7. The number of benzene rings is 1. The van der Waals surface area contributed by atoms with Crippen molar-refractivity contribution in [3.05, 3.63) is 53.9 Å². The summed E-state index contributed by atoms with van der Waals surface area (Å²) < 4.78 is 27.8. The number of aromatic nitrogens is 1. The lowest BCUT2D eigenvalue weighted by Gasteiger charge is -2.29. The Bertz CT molecular complexity index is 1390. The molecular formula is C34H42N2O10. The van der Waals surface area contributed by atoms with Crippen LogP contribution in [0.4, 0.5) is 0 Å². The molecule has 46 heavy (non-hydrogen) atoms. The van der Waals surface area contributed by atoms with Gasteiger partial charge in [-0.3, -0.25) is 19.2 Å². The standard InChI is InChI=1S/C34H42N2O10/c1-20(2)32(39)46-29-21(3)44-34(41)25(19-43-33(40)24(29)18-23-12-6-5-7-13-23)36-31(38)28-30(26(42-4)16-17-35-28)45-27(37)15-14-22-10-8-9-11-22/h5-7,12-13,16-17,20-22,24-25,29H,8-11,14-15,18-19H2,1-4H3,(H,36,38)/t21-,24+,25-,29-/m0/s1. The van der Waals surface area contributed by atoms with Crippen molar-refractivity contribution in [3.63, 3.8) is 0 Å². The van der Waals surface area contributed by atoms with Crippen molar-refractivity contribution < 1.29 is 47.7 Å². The third kappa shape index (κ3) is 9.04. The van der Waals surface area contributed by atoms with E-state index in [2.05, 4.69) is 10.3 Å². The van der Waals surface area contributed by atoms with Crippen LogP contribution in [0.5, 0.6) is 11.5 Å². The maximum absolute atomic E-state index is 13.5. The molecule has 1 amide bonds. The number of carbonyl (C=O) groups is 5. The first-order valence-electron chi connectivity index (χ1n) is 15.7. The van der Waals surface area contributed by atoms with Gasteiger partial charge in [-0.25, -0.2) is 9.78 Å². The molecule has 2 aliphatic rings. The molecule has 1 aliphatic carbocycles. The van der Waals surface area contributed by atoms with E-state index < -0.39 is 66.5 Å². The van der Waals surface area contributed by atoms with Crippen molar-refractivity contribution in [2.75, 3.05) is 13.7 Å². The molecular weight excluding hydrogens is 596 g/mol. The first-order chi connectivity index (χ1) is 22.1. The summed E-state index contributed by atoms with van der Waals surface area (Å²) in [5.41, 5.74) is 0.485. The number of pyridine rings is 1. The Morgan fingerprint density at radius 2 is 1.76 bits per heavy atom. The minimum Gasteiger partial charge on any atom is -0.493 e. The van der Waals surface area contributed by atoms with Crippen molar-refractivity contribution in [3.8, 4) is 11.5 Å². The van der Waals surface area contributed by atoms with Crippen molar-refractivity contribution in [1.29, 1.82) is 0 Å². The summed E-state index contributed by atoms with van der Waals surface area (Å²) in [5, 5.41) is 2.49. The molecule has 2 aromatic rings. The van der Waals surface area contributed by atoms with Gasteiger partial charge in [0.1, 0.15) is 18.6 Å². The summed E-state index contributed by atoms with van der Waals surface area (Å²) in [6.07, 6.45) is 4.52. The van der Waals surface area contributed by atoms with E-state index in [4.69, 9.17) is 23.7 Å². The monoisotopic (exact) mass is 638 g/mol. The van der Waals surface area contributed by atoms with Crippen LogP contribution in [0.15, 0.2) is 42.6 Å². The molecule has 12 nitrogen and oxygen atoms in total. The fourth-order valence-corrected chi connectivity index (χ4v) is 5.61. The van der Waals surface area contributed by atoms with Crippen molar-refractivity contribution >= 4 is 29.8 Å². The Morgan fingerprint density at radius 1 is 1.04 bits per heavy atom. The largest absolute Gasteiger partial charge is 0.493 e. The zero-order valence-electron chi connectivity index (χ0n) is 26.7. The third-order valence-electron chi connectivity index (χ3n) is 8.22. The van der Waals surface area contributed by atoms with Gasteiger partial charge in [0.2, 0.25) is 5.75 Å². The minimum absolute atomic E-state index is 0.102. The quantitative estimate of drug-likeness (QED) is 0.281. The van der Waals surface area contributed by atoms with E-state index in [0.29, 0.717) is 12.3 Å². The molecule has 1 N–H and O–H groups in total. The molecule has 12 heteroatoms. The number of methoxy groups -OCH3 is 1. The number of ether oxygens (including phenoxy) is 5. The highest BCUT2D eigenvalue weighted by molar-refractivity contribution is 5.99. The number of hydrogen-bond donors (Lipinski definition) is 1. The number of cyclic esters (lactones) is 2. The summed E-state index contributed by atoms with van der Waals surface area (Å²) >= 11 is 0. The maximum Gasteiger partial charge on any atom is 0.332 e. The van der Waals surface area contributed by atoms with Gasteiger partial charge in [-0.2, -0.15) is 0 Å². The van der Waals surface area contributed by atoms with E-state index in [0.717, 1.165) is 31.2 Å². The van der Waals surface area contributed by atoms with Crippen LogP contribution < -0.4 is 14.8 Å². The van der Waals surface area contributed by atoms with E-state index in [1.807, 2.05) is 30.3 Å². The molecule has 2 heterocycles. The fourth-order valence-electron chi connectivity index (χ4n) is 5.61. The summed E-state index contributed by atoms with van der Waals surface area (Å²) in [5.74, 6) is -4.77. The number of nitrogens with one attached hydrogen (secondary N) is 1. The highest BCUT2D eigenvalue weighted by Gasteiger charge is 2.42. The lowest BCUT2D eigenvalue weighted by molar-refractivity contribution is -0.176. The normalized spacial score (nSPS) is 22.1. The summed E-state index contributed by atoms with van der Waals surface area (Å²) in [7, 11) is 1.36. The summed E-state index contributed by atoms with van der Waals surface area (Å²) in [6, 6.07) is 9.09. The number of nitrogens with zero attached hydrogens (tertiary/aromatic N) is 1. The van der Waals surface area contributed by atoms with Gasteiger partial charge in [-0.15, -0.1) is 0 Å². The number of carbonyl (C=O) groups excluding carboxylic acids is 5. The van der Waals surface area contributed by atoms with E-state index in [9.17, 15) is 24.0 Å². The molecule has 1 aliphatic heterocycles. The second-order valence-electron chi connectivity index (χ2n) is 12.0. The van der Waals surface area contributed by atoms with Gasteiger partial charge in [-0.1, -0.05) is 69.9 Å². The van der Waals surface area contributed by atoms with Gasteiger partial charge in [0.15, 0.2) is 23.6 Å². The zero-order valence-corrected chi connectivity index (χ0v) is 26.7. The highest BCUT2D eigenvalue weighted by Crippen LogP contribution is 2.32. The smallest absolute Gasteiger partial charge is 0.332 e. The Morgan fingerprint density at radius 3 is 2.43 bits per heavy atom. The molecule has 1 saturated carbocycles. The molecule has 0 bridgehead atoms. The van der Waals surface area contributed by atoms with Gasteiger partial charge >= 0.3 is 23.9 Å². The Kier molecular flexibility index (Phi) is 12.1. The van der Waals surface area contributed by atoms with Crippen LogP contribution in [0.2, 0.25) is 0 Å². The summed E-state index contributed by atoms with van der Waals surface area (Å²) in [6.45, 7) is 4.25. The number of hydrogen-bond acceptors (Lipinski definition) is 11. The van der Waals surface area contributed by atoms with Gasteiger partial charge in [-0.05, 0) is 31.2 Å². The van der Waals surface area contributed by atoms with E-state index >= 15 is 0 Å². The average molecular weight is 639 g/mol. The molecule has 4 rings (SSSR count). The molecule has 248 valence electrons. The van der Waals surface area contributed by atoms with Gasteiger partial charge in [0.25, 0.3) is 5.91 Å². The van der Waals surface area contributed by atoms with Crippen molar-refractivity contribution in [2.45, 2.75) is 84.0 Å². The van der Waals surface area contributed by atoms with E-state index in [-0.39, 0.29) is 30.0 Å². The highest BCUT2D eigenvalue weighted by atomic mass is 16.6. The molecule has 1 aromatic heterocycles. The van der Waals surface area contributed by atoms with Crippen LogP contribution in [-0.4, -0.2) is 66.7 Å². The van der Waals surface area contributed by atoms with E-state index in [1.54, 1.807) is 13.8 Å².